The Morgan fingerprint density at radius 2 is 0.858 bits per heavy atom. The molecule has 0 bridgehead atoms. The van der Waals surface area contributed by atoms with Crippen LogP contribution in [0.2, 0.25) is 0 Å². The first kappa shape index (κ1) is 93.1. The van der Waals surface area contributed by atoms with Crippen LogP contribution >= 0.6 is 12.3 Å². The van der Waals surface area contributed by atoms with Gasteiger partial charge >= 0.3 is 6.36 Å². The summed E-state index contributed by atoms with van der Waals surface area (Å²) in [4.78, 5) is 33.3. The van der Waals surface area contributed by atoms with Gasteiger partial charge in [0.05, 0.1) is 10.5 Å². The van der Waals surface area contributed by atoms with Gasteiger partial charge in [0.2, 0.25) is 0 Å². The first-order valence-electron chi connectivity index (χ1n) is 42.9. The van der Waals surface area contributed by atoms with Gasteiger partial charge in [-0.2, -0.15) is 0 Å². The summed E-state index contributed by atoms with van der Waals surface area (Å²) >= 11 is 0.178. The van der Waals surface area contributed by atoms with Crippen molar-refractivity contribution in [2.24, 2.45) is 70.9 Å². The molecule has 0 spiro atoms. The number of Topliss-reactive ketones (excluding diaryl/α,β-unsaturated/α-hetero) is 1. The zero-order chi connectivity index (χ0) is 83.8. The molecule has 632 valence electrons. The summed E-state index contributed by atoms with van der Waals surface area (Å²) in [6.45, 7) is 65.8. The van der Waals surface area contributed by atoms with Gasteiger partial charge in [-0.15, -0.1) is 22.4 Å². The lowest BCUT2D eigenvalue weighted by atomic mass is 9.60. The molecule has 2 heterocycles. The van der Waals surface area contributed by atoms with Gasteiger partial charge in [0.1, 0.15) is 11.5 Å². The standard InChI is InChI=1S/C24H38N2.C20H32N2.C16H21NO2.C16H25N.C11H17F3O3S.C10H18O/c1-23(2)15-20(16-24(3,4)18-23)21-7-5-6-8-22(21)26-13-11-25(12-14-26)17-19-9-10-19;1-19(2)13-16(14-20(3,4)15-19)17-7-5-6-8-18(17)22-11-9-21-10-12-22;1-15(2)9-12(10-16(3,4)11-15)13-7-5-6-8-14(13)17(18)19;1-15(2)9-12(10-16(3,4)11-15)13-7-5-6-8-14(13)17;1-9(2)5-8(6-10(3,4)7-9)15-18-17-16-11(12,13)14;1-9(2)5-8(11)6-10(3,4)7-9/h5-8,19-20H,9-18H2,1-4H3;5-8,16,21H,9-15H2,1-4H3;5-9H,10-11H2,1-4H3;5-8,12H,9-11,17H2,1-4H3;5H,6-7H2,1-4H3;5-7H2,1-4H3. The van der Waals surface area contributed by atoms with Gasteiger partial charge in [0.15, 0.2) is 0 Å². The fourth-order valence-electron chi connectivity index (χ4n) is 23.5. The fourth-order valence-corrected chi connectivity index (χ4v) is 23.9. The lowest BCUT2D eigenvalue weighted by Crippen LogP contribution is -2.47. The number of para-hydroxylation sites is 4. The summed E-state index contributed by atoms with van der Waals surface area (Å²) in [6.07, 6.45) is 20.4. The fraction of sp³-hybridized carbons (Fsp3) is 0.701. The summed E-state index contributed by atoms with van der Waals surface area (Å²) in [6, 6.07) is 33.9. The second kappa shape index (κ2) is 36.9. The van der Waals surface area contributed by atoms with Crippen molar-refractivity contribution in [2.45, 2.75) is 306 Å². The first-order valence-corrected chi connectivity index (χ1v) is 43.5. The predicted octanol–water partition coefficient (Wildman–Crippen LogP) is 26.9. The van der Waals surface area contributed by atoms with E-state index in [0.717, 1.165) is 81.0 Å². The van der Waals surface area contributed by atoms with Crippen LogP contribution in [0.15, 0.2) is 115 Å². The molecule has 7 fully saturated rings. The number of ketones is 1. The number of alkyl halides is 3. The summed E-state index contributed by atoms with van der Waals surface area (Å²) in [7, 11) is 0. The molecule has 13 rings (SSSR count). The number of nitrogens with one attached hydrogen (secondary N) is 1. The highest BCUT2D eigenvalue weighted by Gasteiger charge is 2.45. The van der Waals surface area contributed by atoms with E-state index in [1.165, 1.54) is 127 Å². The van der Waals surface area contributed by atoms with Crippen molar-refractivity contribution >= 4 is 46.4 Å². The molecule has 0 radical (unpaired) electrons. The van der Waals surface area contributed by atoms with E-state index in [1.54, 1.807) is 23.3 Å². The topological polar surface area (TPSA) is 136 Å². The number of nitro benzene ring substituents is 1. The number of nitro groups is 1. The summed E-state index contributed by atoms with van der Waals surface area (Å²) in [5, 5.41) is 14.6. The van der Waals surface area contributed by atoms with E-state index in [9.17, 15) is 28.1 Å². The molecule has 12 nitrogen and oxygen atoms in total. The molecule has 4 aromatic rings. The van der Waals surface area contributed by atoms with E-state index in [1.807, 2.05) is 30.3 Å². The van der Waals surface area contributed by atoms with Gasteiger partial charge < -0.3 is 25.0 Å². The highest BCUT2D eigenvalue weighted by molar-refractivity contribution is 7.89. The molecule has 0 aromatic heterocycles. The Hall–Kier alpha value is -5.39. The average molecular weight is 1590 g/mol. The highest BCUT2D eigenvalue weighted by Crippen LogP contribution is 2.57. The monoisotopic (exact) mass is 1590 g/mol. The summed E-state index contributed by atoms with van der Waals surface area (Å²) in [5.74, 6) is 4.08. The third-order valence-corrected chi connectivity index (χ3v) is 25.0. The zero-order valence-electron chi connectivity index (χ0n) is 74.7. The largest absolute Gasteiger partial charge is 0.550 e. The smallest absolute Gasteiger partial charge is 0.404 e. The molecule has 0 unspecified atom stereocenters. The van der Waals surface area contributed by atoms with Crippen LogP contribution in [0, 0.1) is 81.0 Å². The molecular weight excluding hydrogens is 1430 g/mol. The molecule has 16 heteroatoms. The minimum atomic E-state index is -4.82. The first-order chi connectivity index (χ1) is 52.0. The number of nitrogens with zero attached hydrogens (tertiary/aromatic N) is 4. The van der Waals surface area contributed by atoms with Crippen molar-refractivity contribution in [3.8, 4) is 0 Å². The Kier molecular flexibility index (Phi) is 30.4. The number of halogens is 3. The highest BCUT2D eigenvalue weighted by atomic mass is 32.2. The Bertz CT molecular complexity index is 3780. The molecule has 4 aromatic carbocycles. The van der Waals surface area contributed by atoms with Gasteiger partial charge in [-0.1, -0.05) is 239 Å². The quantitative estimate of drug-likeness (QED) is 0.0329. The number of nitrogens with two attached hydrogens (primary N) is 1. The third-order valence-electron chi connectivity index (χ3n) is 24.6. The minimum Gasteiger partial charge on any atom is -0.404 e. The second-order valence-electron chi connectivity index (χ2n) is 45.3. The molecule has 113 heavy (non-hydrogen) atoms. The van der Waals surface area contributed by atoms with E-state index in [4.69, 9.17) is 9.92 Å². The molecule has 3 N–H and O–H groups in total. The predicted molar refractivity (Wildman–Crippen MR) is 469 cm³/mol. The van der Waals surface area contributed by atoms with E-state index in [-0.39, 0.29) is 55.4 Å². The average Bonchev–Trinajstić information content (AvgIpc) is 0.938. The number of carbonyl (C=O) groups is 1. The van der Waals surface area contributed by atoms with Gasteiger partial charge in [0, 0.05) is 101 Å². The van der Waals surface area contributed by atoms with Crippen molar-refractivity contribution < 1.29 is 36.3 Å². The van der Waals surface area contributed by atoms with Crippen LogP contribution in [-0.2, 0) is 18.2 Å². The van der Waals surface area contributed by atoms with Crippen LogP contribution < -0.4 is 20.9 Å². The minimum absolute atomic E-state index is 0.0407. The van der Waals surface area contributed by atoms with Crippen LogP contribution in [0.5, 0.6) is 0 Å². The Morgan fingerprint density at radius 1 is 0.478 bits per heavy atom. The Balaban J connectivity index is 0.000000173. The maximum atomic E-state index is 11.6. The number of carbonyl (C=O) groups excluding carboxylic acids is 1. The maximum Gasteiger partial charge on any atom is 0.550 e. The van der Waals surface area contributed by atoms with Gasteiger partial charge in [0.25, 0.3) is 18.0 Å². The zero-order valence-corrected chi connectivity index (χ0v) is 75.5. The molecule has 7 aliphatic carbocycles. The van der Waals surface area contributed by atoms with E-state index in [0.29, 0.717) is 68.2 Å². The summed E-state index contributed by atoms with van der Waals surface area (Å²) in [5.41, 5.74) is 20.1. The van der Waals surface area contributed by atoms with E-state index in [2.05, 4.69) is 262 Å². The van der Waals surface area contributed by atoms with Crippen LogP contribution in [0.25, 0.3) is 5.57 Å². The lowest BCUT2D eigenvalue weighted by molar-refractivity contribution is -0.441. The Labute approximate surface area is 687 Å². The van der Waals surface area contributed by atoms with Crippen molar-refractivity contribution in [1.82, 2.24) is 10.2 Å². The third kappa shape index (κ3) is 30.5. The van der Waals surface area contributed by atoms with Gasteiger partial charge in [-0.25, -0.2) is 0 Å². The summed E-state index contributed by atoms with van der Waals surface area (Å²) < 4.78 is 43.9. The Morgan fingerprint density at radius 3 is 1.27 bits per heavy atom. The maximum absolute atomic E-state index is 11.6. The van der Waals surface area contributed by atoms with Crippen molar-refractivity contribution in [2.75, 3.05) is 74.4 Å². The SMILES string of the molecule is CC1(C)C=C(OSOOC(F)(F)F)CC(C)(C)C1.CC1(C)C=C(c2ccccc2[N+](=O)[O-])CC(C)(C)C1.CC1(C)CC(=O)CC(C)(C)C1.CC1(C)CC(c2ccccc2N)CC(C)(C)C1.CC1(C)CC(c2ccccc2N2CCN(CC3CC3)CC2)CC(C)(C)C1.CC1(C)CC(c2ccccc2N2CCNCC2)CC(C)(C)C1. The lowest BCUT2D eigenvalue weighted by Gasteiger charge is -2.46. The molecule has 9 aliphatic rings. The number of rotatable bonds is 13. The van der Waals surface area contributed by atoms with Crippen LogP contribution in [0.1, 0.15) is 322 Å². The molecule has 5 saturated carbocycles. The van der Waals surface area contributed by atoms with Crippen LogP contribution in [0.4, 0.5) is 35.9 Å². The number of allylic oxidation sites excluding steroid dienone is 4. The molecule has 0 amide bonds. The molecule has 2 aliphatic heterocycles. The number of hydrogen-bond donors (Lipinski definition) is 2. The normalized spacial score (nSPS) is 24.5. The molecule has 2 saturated heterocycles. The molecule has 0 atom stereocenters. The van der Waals surface area contributed by atoms with Crippen LogP contribution in [-0.4, -0.2) is 80.9 Å². The number of nitrogen functional groups attached to an aromatic ring is 1. The van der Waals surface area contributed by atoms with Crippen molar-refractivity contribution in [3.63, 3.8) is 0 Å². The van der Waals surface area contributed by atoms with E-state index >= 15 is 0 Å². The van der Waals surface area contributed by atoms with Crippen molar-refractivity contribution in [1.29, 1.82) is 0 Å². The number of benzene rings is 4. The number of hydrogen-bond acceptors (Lipinski definition) is 12. The van der Waals surface area contributed by atoms with E-state index < -0.39 is 6.36 Å². The van der Waals surface area contributed by atoms with Crippen molar-refractivity contribution in [3.05, 3.63) is 147 Å². The number of piperazine rings is 2. The second-order valence-corrected chi connectivity index (χ2v) is 45.7. The molecular formula is C97H151F3N6O6S. The van der Waals surface area contributed by atoms with Gasteiger partial charge in [-0.3, -0.25) is 19.8 Å². The van der Waals surface area contributed by atoms with Gasteiger partial charge in [-0.05, 0) is 238 Å². The number of anilines is 3. The van der Waals surface area contributed by atoms with Crippen LogP contribution in [0.3, 0.4) is 0 Å².